The molecule has 27 heavy (non-hydrogen) atoms. The number of hydrogen-bond acceptors (Lipinski definition) is 5. The maximum Gasteiger partial charge on any atom is 0.190 e. The van der Waals surface area contributed by atoms with Crippen LogP contribution in [-0.4, -0.2) is 47.2 Å². The third-order valence-electron chi connectivity index (χ3n) is 8.38. The van der Waals surface area contributed by atoms with E-state index in [4.69, 9.17) is 4.74 Å². The molecule has 0 aliphatic heterocycles. The van der Waals surface area contributed by atoms with Crippen LogP contribution in [0.1, 0.15) is 46.0 Å². The van der Waals surface area contributed by atoms with Gasteiger partial charge in [0, 0.05) is 23.9 Å². The van der Waals surface area contributed by atoms with Crippen molar-refractivity contribution < 1.29 is 24.5 Å². The highest BCUT2D eigenvalue weighted by molar-refractivity contribution is 6.01. The Morgan fingerprint density at radius 1 is 1.33 bits per heavy atom. The smallest absolute Gasteiger partial charge is 0.190 e. The first-order valence-corrected chi connectivity index (χ1v) is 10.0. The molecule has 0 saturated heterocycles. The zero-order valence-corrected chi connectivity index (χ0v) is 16.4. The Kier molecular flexibility index (Phi) is 4.30. The van der Waals surface area contributed by atoms with E-state index in [1.165, 1.54) is 7.11 Å². The summed E-state index contributed by atoms with van der Waals surface area (Å²) in [4.78, 5) is 24.6. The summed E-state index contributed by atoms with van der Waals surface area (Å²) in [5.74, 6) is 0.173. The van der Waals surface area contributed by atoms with Gasteiger partial charge in [-0.05, 0) is 56.1 Å². The van der Waals surface area contributed by atoms with Gasteiger partial charge in [0.15, 0.2) is 11.6 Å². The van der Waals surface area contributed by atoms with E-state index in [-0.39, 0.29) is 41.3 Å². The lowest BCUT2D eigenvalue weighted by molar-refractivity contribution is -0.179. The molecule has 0 bridgehead atoms. The molecule has 0 amide bonds. The molecule has 2 N–H and O–H groups in total. The number of methoxy groups -OCH3 is 1. The number of carbonyl (C=O) groups is 2. The van der Waals surface area contributed by atoms with Gasteiger partial charge < -0.3 is 14.9 Å². The zero-order valence-electron chi connectivity index (χ0n) is 16.4. The Morgan fingerprint density at radius 2 is 2.07 bits per heavy atom. The highest BCUT2D eigenvalue weighted by atomic mass is 16.5. The fourth-order valence-electron chi connectivity index (χ4n) is 7.04. The fourth-order valence-corrected chi connectivity index (χ4v) is 7.04. The summed E-state index contributed by atoms with van der Waals surface area (Å²) in [6.45, 7) is 4.01. The van der Waals surface area contributed by atoms with Crippen molar-refractivity contribution in [3.05, 3.63) is 23.8 Å². The molecular formula is C22H30O5. The number of ketones is 2. The van der Waals surface area contributed by atoms with Crippen molar-refractivity contribution in [2.24, 2.45) is 28.6 Å². The van der Waals surface area contributed by atoms with Gasteiger partial charge in [0.25, 0.3) is 0 Å². The van der Waals surface area contributed by atoms with Crippen LogP contribution < -0.4 is 0 Å². The SMILES string of the molecule is COCC(=O)[C@@]1(O)CCC2C3CCC4=CC(=O)C=C[C@]4(C)C3[C@@H](O)C[C@@]21C. The highest BCUT2D eigenvalue weighted by Gasteiger charge is 2.68. The van der Waals surface area contributed by atoms with Gasteiger partial charge in [0.2, 0.25) is 0 Å². The summed E-state index contributed by atoms with van der Waals surface area (Å²) >= 11 is 0. The van der Waals surface area contributed by atoms with Crippen LogP contribution in [0.15, 0.2) is 23.8 Å². The van der Waals surface area contributed by atoms with Gasteiger partial charge in [-0.3, -0.25) is 9.59 Å². The molecule has 3 fully saturated rings. The average Bonchev–Trinajstić information content (AvgIpc) is 2.87. The number of Topliss-reactive ketones (excluding diaryl/α,β-unsaturated/α-hetero) is 1. The van der Waals surface area contributed by atoms with Gasteiger partial charge >= 0.3 is 0 Å². The first kappa shape index (κ1) is 19.0. The Labute approximate surface area is 160 Å². The third-order valence-corrected chi connectivity index (χ3v) is 8.38. The number of carbonyl (C=O) groups excluding carboxylic acids is 2. The van der Waals surface area contributed by atoms with Crippen LogP contribution >= 0.6 is 0 Å². The van der Waals surface area contributed by atoms with E-state index >= 15 is 0 Å². The quantitative estimate of drug-likeness (QED) is 0.791. The summed E-state index contributed by atoms with van der Waals surface area (Å²) in [7, 11) is 1.47. The van der Waals surface area contributed by atoms with E-state index in [0.717, 1.165) is 24.8 Å². The van der Waals surface area contributed by atoms with Gasteiger partial charge in [-0.1, -0.05) is 25.5 Å². The monoisotopic (exact) mass is 374 g/mol. The largest absolute Gasteiger partial charge is 0.393 e. The van der Waals surface area contributed by atoms with Crippen LogP contribution in [0.25, 0.3) is 0 Å². The van der Waals surface area contributed by atoms with Crippen molar-refractivity contribution >= 4 is 11.6 Å². The fraction of sp³-hybridized carbons (Fsp3) is 0.727. The predicted octanol–water partition coefficient (Wildman–Crippen LogP) is 2.21. The molecule has 0 aromatic rings. The second-order valence-corrected chi connectivity index (χ2v) is 9.47. The second kappa shape index (κ2) is 6.10. The van der Waals surface area contributed by atoms with Crippen molar-refractivity contribution in [3.63, 3.8) is 0 Å². The van der Waals surface area contributed by atoms with Gasteiger partial charge in [0.1, 0.15) is 12.2 Å². The maximum atomic E-state index is 12.7. The Morgan fingerprint density at radius 3 is 2.78 bits per heavy atom. The molecular weight excluding hydrogens is 344 g/mol. The van der Waals surface area contributed by atoms with E-state index in [1.807, 2.05) is 13.0 Å². The van der Waals surface area contributed by atoms with Gasteiger partial charge in [0.05, 0.1) is 6.10 Å². The lowest BCUT2D eigenvalue weighted by atomic mass is 9.46. The van der Waals surface area contributed by atoms with Crippen LogP contribution in [0.4, 0.5) is 0 Å². The van der Waals surface area contributed by atoms with E-state index in [9.17, 15) is 19.8 Å². The Hall–Kier alpha value is -1.30. The zero-order chi connectivity index (χ0) is 19.6. The molecule has 0 radical (unpaired) electrons. The van der Waals surface area contributed by atoms with Crippen LogP contribution in [0, 0.1) is 28.6 Å². The van der Waals surface area contributed by atoms with Crippen molar-refractivity contribution in [2.75, 3.05) is 13.7 Å². The predicted molar refractivity (Wildman–Crippen MR) is 99.8 cm³/mol. The molecule has 0 heterocycles. The first-order valence-electron chi connectivity index (χ1n) is 10.0. The molecule has 3 unspecified atom stereocenters. The van der Waals surface area contributed by atoms with Crippen LogP contribution in [0.5, 0.6) is 0 Å². The van der Waals surface area contributed by atoms with Crippen LogP contribution in [-0.2, 0) is 14.3 Å². The van der Waals surface area contributed by atoms with E-state index in [0.29, 0.717) is 12.8 Å². The molecule has 4 aliphatic carbocycles. The lowest BCUT2D eigenvalue weighted by Crippen LogP contribution is -2.61. The number of fused-ring (bicyclic) bond motifs is 5. The molecule has 0 aromatic carbocycles. The van der Waals surface area contributed by atoms with Gasteiger partial charge in [-0.15, -0.1) is 0 Å². The van der Waals surface area contributed by atoms with Crippen LogP contribution in [0.3, 0.4) is 0 Å². The molecule has 4 aliphatic rings. The van der Waals surface area contributed by atoms with Crippen molar-refractivity contribution in [2.45, 2.75) is 57.7 Å². The summed E-state index contributed by atoms with van der Waals surface area (Å²) in [6.07, 6.45) is 8.05. The van der Waals surface area contributed by atoms with Gasteiger partial charge in [-0.2, -0.15) is 0 Å². The second-order valence-electron chi connectivity index (χ2n) is 9.47. The van der Waals surface area contributed by atoms with E-state index in [2.05, 4.69) is 6.92 Å². The minimum absolute atomic E-state index is 0.0137. The average molecular weight is 374 g/mol. The van der Waals surface area contributed by atoms with E-state index in [1.54, 1.807) is 12.2 Å². The van der Waals surface area contributed by atoms with E-state index < -0.39 is 17.1 Å². The maximum absolute atomic E-state index is 12.7. The Balaban J connectivity index is 1.72. The molecule has 7 atom stereocenters. The number of aliphatic hydroxyl groups is 2. The van der Waals surface area contributed by atoms with Crippen molar-refractivity contribution in [3.8, 4) is 0 Å². The van der Waals surface area contributed by atoms with Gasteiger partial charge in [-0.25, -0.2) is 0 Å². The Bertz CT molecular complexity index is 739. The first-order chi connectivity index (χ1) is 12.7. The number of ether oxygens (including phenoxy) is 1. The lowest BCUT2D eigenvalue weighted by Gasteiger charge is -2.59. The molecule has 0 aromatic heterocycles. The molecule has 5 heteroatoms. The molecule has 0 spiro atoms. The third kappa shape index (κ3) is 2.41. The summed E-state index contributed by atoms with van der Waals surface area (Å²) in [6, 6.07) is 0. The normalized spacial score (nSPS) is 48.5. The van der Waals surface area contributed by atoms with Crippen LogP contribution in [0.2, 0.25) is 0 Å². The molecule has 3 saturated carbocycles. The number of allylic oxidation sites excluding steroid dienone is 4. The number of aliphatic hydroxyl groups excluding tert-OH is 1. The minimum Gasteiger partial charge on any atom is -0.393 e. The van der Waals surface area contributed by atoms with Crippen molar-refractivity contribution in [1.29, 1.82) is 0 Å². The molecule has 148 valence electrons. The molecule has 4 rings (SSSR count). The standard InChI is InChI=1S/C22H30O5/c1-20-8-6-14(23)10-13(20)4-5-15-16-7-9-22(26,18(25)12-27-3)21(16,2)11-17(24)19(15)20/h6,8,10,15-17,19,24,26H,4-5,7,9,11-12H2,1-3H3/t15?,16?,17-,19?,20-,21-,22-/m0/s1. The van der Waals surface area contributed by atoms with Crippen molar-refractivity contribution in [1.82, 2.24) is 0 Å². The summed E-state index contributed by atoms with van der Waals surface area (Å²) in [5.41, 5.74) is -1.29. The minimum atomic E-state index is -1.44. The highest BCUT2D eigenvalue weighted by Crippen LogP contribution is 2.67. The topological polar surface area (TPSA) is 83.8 Å². The molecule has 5 nitrogen and oxygen atoms in total. The summed E-state index contributed by atoms with van der Waals surface area (Å²) in [5, 5.41) is 22.6. The summed E-state index contributed by atoms with van der Waals surface area (Å²) < 4.78 is 5.02. The number of hydrogen-bond donors (Lipinski definition) is 2. The number of rotatable bonds is 3.